The largest absolute Gasteiger partial charge is 0.481 e. The van der Waals surface area contributed by atoms with Crippen LogP contribution in [0.1, 0.15) is 26.2 Å². The molecule has 0 aliphatic heterocycles. The summed E-state index contributed by atoms with van der Waals surface area (Å²) in [5.41, 5.74) is 0. The normalized spacial score (nSPS) is 11.2. The van der Waals surface area contributed by atoms with E-state index in [1.807, 2.05) is 6.92 Å². The van der Waals surface area contributed by atoms with E-state index in [-0.39, 0.29) is 25.6 Å². The van der Waals surface area contributed by atoms with Crippen molar-refractivity contribution in [3.05, 3.63) is 0 Å². The van der Waals surface area contributed by atoms with E-state index < -0.39 is 5.97 Å². The number of carbonyl (C=O) groups is 2. The van der Waals surface area contributed by atoms with Gasteiger partial charge in [-0.05, 0) is 6.42 Å². The van der Waals surface area contributed by atoms with E-state index >= 15 is 0 Å². The molecular weight excluding hydrogens is 508 g/mol. The second kappa shape index (κ2) is 31.8. The van der Waals surface area contributed by atoms with Crippen LogP contribution in [0.5, 0.6) is 0 Å². The Kier molecular flexibility index (Phi) is 30.6. The van der Waals surface area contributed by atoms with Gasteiger partial charge in [0.1, 0.15) is 6.61 Å². The van der Waals surface area contributed by atoms with Crippen molar-refractivity contribution in [2.24, 2.45) is 0 Å². The molecule has 0 heterocycles. The number of aliphatic carboxylic acids is 1. The van der Waals surface area contributed by atoms with Crippen LogP contribution in [0.15, 0.2) is 0 Å². The van der Waals surface area contributed by atoms with Crippen molar-refractivity contribution in [1.82, 2.24) is 0 Å². The minimum absolute atomic E-state index is 0.00315. The third-order valence-corrected chi connectivity index (χ3v) is 4.38. The fraction of sp³-hybridized carbons (Fsp3) is 0.920. The highest BCUT2D eigenvalue weighted by molar-refractivity contribution is 5.69. The Bertz CT molecular complexity index is 508. The fourth-order valence-electron chi connectivity index (χ4n) is 2.51. The number of esters is 1. The molecule has 0 saturated carbocycles. The SMILES string of the molecule is CCCC(=O)OCCOCCOCCOCCOCCOCCOCCOCCOCCOCCC(=O)O. The van der Waals surface area contributed by atoms with E-state index in [1.54, 1.807) is 0 Å². The van der Waals surface area contributed by atoms with E-state index in [0.717, 1.165) is 6.42 Å². The van der Waals surface area contributed by atoms with Gasteiger partial charge in [0.25, 0.3) is 0 Å². The van der Waals surface area contributed by atoms with Crippen LogP contribution in [0.4, 0.5) is 0 Å². The van der Waals surface area contributed by atoms with Gasteiger partial charge in [-0.15, -0.1) is 0 Å². The third kappa shape index (κ3) is 32.6. The van der Waals surface area contributed by atoms with Crippen LogP contribution in [-0.2, 0) is 57.0 Å². The Morgan fingerprint density at radius 2 is 0.684 bits per heavy atom. The first kappa shape index (κ1) is 36.6. The van der Waals surface area contributed by atoms with Crippen LogP contribution in [0.2, 0.25) is 0 Å². The van der Waals surface area contributed by atoms with E-state index in [9.17, 15) is 9.59 Å². The van der Waals surface area contributed by atoms with Gasteiger partial charge >= 0.3 is 11.9 Å². The maximum atomic E-state index is 11.2. The maximum absolute atomic E-state index is 11.2. The lowest BCUT2D eigenvalue weighted by atomic mass is 10.3. The number of carboxylic acids is 1. The van der Waals surface area contributed by atoms with Gasteiger partial charge in [0, 0.05) is 6.42 Å². The number of hydrogen-bond acceptors (Lipinski definition) is 12. The Labute approximate surface area is 226 Å². The van der Waals surface area contributed by atoms with Crippen molar-refractivity contribution < 1.29 is 62.1 Å². The van der Waals surface area contributed by atoms with Crippen LogP contribution >= 0.6 is 0 Å². The van der Waals surface area contributed by atoms with Gasteiger partial charge in [0.2, 0.25) is 0 Å². The average molecular weight is 557 g/mol. The Morgan fingerprint density at radius 3 is 0.947 bits per heavy atom. The molecular formula is C25H48O13. The summed E-state index contributed by atoms with van der Waals surface area (Å²) in [4.78, 5) is 21.5. The Balaban J connectivity index is 3.06. The van der Waals surface area contributed by atoms with E-state index in [1.165, 1.54) is 0 Å². The molecule has 0 saturated heterocycles. The summed E-state index contributed by atoms with van der Waals surface area (Å²) in [6, 6.07) is 0. The molecule has 0 aliphatic carbocycles. The quantitative estimate of drug-likeness (QED) is 0.0927. The fourth-order valence-corrected chi connectivity index (χ4v) is 2.51. The van der Waals surface area contributed by atoms with Gasteiger partial charge in [-0.25, -0.2) is 0 Å². The molecule has 0 amide bonds. The van der Waals surface area contributed by atoms with Crippen LogP contribution in [0.3, 0.4) is 0 Å². The highest BCUT2D eigenvalue weighted by atomic mass is 16.6. The molecule has 0 aromatic carbocycles. The molecule has 0 rings (SSSR count). The molecule has 0 radical (unpaired) electrons. The highest BCUT2D eigenvalue weighted by Crippen LogP contribution is 1.91. The summed E-state index contributed by atoms with van der Waals surface area (Å²) in [5.74, 6) is -1.07. The summed E-state index contributed by atoms with van der Waals surface area (Å²) < 4.78 is 53.1. The molecule has 0 atom stereocenters. The molecule has 0 aromatic rings. The number of carboxylic acid groups (broad SMARTS) is 1. The van der Waals surface area contributed by atoms with Crippen LogP contribution in [0, 0.1) is 0 Å². The summed E-state index contributed by atoms with van der Waals surface area (Å²) in [6.45, 7) is 10.1. The number of ether oxygens (including phenoxy) is 10. The molecule has 13 heteroatoms. The third-order valence-electron chi connectivity index (χ3n) is 4.38. The topological polar surface area (TPSA) is 147 Å². The minimum Gasteiger partial charge on any atom is -0.481 e. The lowest BCUT2D eigenvalue weighted by Crippen LogP contribution is -2.15. The lowest BCUT2D eigenvalue weighted by Gasteiger charge is -2.09. The van der Waals surface area contributed by atoms with Crippen LogP contribution in [0.25, 0.3) is 0 Å². The standard InChI is InChI=1S/C25H48O13/c1-2-3-25(28)38-23-22-37-21-20-36-19-18-35-17-16-34-15-14-33-13-12-32-11-10-31-9-8-30-7-6-29-5-4-24(26)27/h2-23H2,1H3,(H,26,27). The zero-order chi connectivity index (χ0) is 27.8. The maximum Gasteiger partial charge on any atom is 0.305 e. The zero-order valence-electron chi connectivity index (χ0n) is 22.9. The molecule has 0 aromatic heterocycles. The predicted octanol–water partition coefficient (Wildman–Crippen LogP) is 0.954. The van der Waals surface area contributed by atoms with Gasteiger partial charge in [0.05, 0.1) is 125 Å². The Hall–Kier alpha value is -1.42. The van der Waals surface area contributed by atoms with Crippen molar-refractivity contribution >= 4 is 11.9 Å². The van der Waals surface area contributed by atoms with Crippen molar-refractivity contribution in [3.8, 4) is 0 Å². The zero-order valence-corrected chi connectivity index (χ0v) is 22.9. The molecule has 13 nitrogen and oxygen atoms in total. The van der Waals surface area contributed by atoms with Crippen molar-refractivity contribution in [3.63, 3.8) is 0 Å². The van der Waals surface area contributed by atoms with Crippen molar-refractivity contribution in [2.45, 2.75) is 26.2 Å². The Morgan fingerprint density at radius 1 is 0.421 bits per heavy atom. The van der Waals surface area contributed by atoms with Crippen molar-refractivity contribution in [2.75, 3.05) is 126 Å². The van der Waals surface area contributed by atoms with E-state index in [0.29, 0.717) is 119 Å². The van der Waals surface area contributed by atoms with E-state index in [2.05, 4.69) is 0 Å². The van der Waals surface area contributed by atoms with E-state index in [4.69, 9.17) is 52.5 Å². The summed E-state index contributed by atoms with van der Waals surface area (Å²) in [7, 11) is 0. The molecule has 0 spiro atoms. The number of carbonyl (C=O) groups excluding carboxylic acids is 1. The van der Waals surface area contributed by atoms with Gasteiger partial charge in [0.15, 0.2) is 0 Å². The number of hydrogen-bond donors (Lipinski definition) is 1. The first-order valence-corrected chi connectivity index (χ1v) is 13.2. The van der Waals surface area contributed by atoms with Gasteiger partial charge in [-0.3, -0.25) is 9.59 Å². The molecule has 0 bridgehead atoms. The molecule has 0 aliphatic rings. The second-order valence-corrected chi connectivity index (χ2v) is 7.63. The lowest BCUT2D eigenvalue weighted by molar-refractivity contribution is -0.145. The predicted molar refractivity (Wildman–Crippen MR) is 135 cm³/mol. The molecule has 0 fully saturated rings. The van der Waals surface area contributed by atoms with Crippen LogP contribution < -0.4 is 0 Å². The van der Waals surface area contributed by atoms with Crippen LogP contribution in [-0.4, -0.2) is 143 Å². The summed E-state index contributed by atoms with van der Waals surface area (Å²) in [6.07, 6.45) is 1.22. The summed E-state index contributed by atoms with van der Waals surface area (Å²) >= 11 is 0. The molecule has 1 N–H and O–H groups in total. The van der Waals surface area contributed by atoms with Gasteiger partial charge in [-0.1, -0.05) is 6.92 Å². The highest BCUT2D eigenvalue weighted by Gasteiger charge is 2.00. The molecule has 226 valence electrons. The first-order chi connectivity index (χ1) is 18.7. The summed E-state index contributed by atoms with van der Waals surface area (Å²) in [5, 5.41) is 8.46. The van der Waals surface area contributed by atoms with Gasteiger partial charge in [-0.2, -0.15) is 0 Å². The second-order valence-electron chi connectivity index (χ2n) is 7.63. The average Bonchev–Trinajstić information content (AvgIpc) is 2.89. The van der Waals surface area contributed by atoms with Gasteiger partial charge < -0.3 is 52.5 Å². The first-order valence-electron chi connectivity index (χ1n) is 13.2. The van der Waals surface area contributed by atoms with Crippen molar-refractivity contribution in [1.29, 1.82) is 0 Å². The number of rotatable bonds is 32. The molecule has 0 unspecified atom stereocenters. The molecule has 38 heavy (non-hydrogen) atoms. The monoisotopic (exact) mass is 556 g/mol. The smallest absolute Gasteiger partial charge is 0.305 e. The minimum atomic E-state index is -0.876.